The van der Waals surface area contributed by atoms with Crippen molar-refractivity contribution in [2.24, 2.45) is 0 Å². The van der Waals surface area contributed by atoms with Crippen molar-refractivity contribution in [3.63, 3.8) is 0 Å². The van der Waals surface area contributed by atoms with Gasteiger partial charge in [0.25, 0.3) is 10.0 Å². The maximum atomic E-state index is 12.8. The minimum absolute atomic E-state index is 0.0505. The van der Waals surface area contributed by atoms with E-state index in [-0.39, 0.29) is 28.6 Å². The van der Waals surface area contributed by atoms with Gasteiger partial charge in [-0.1, -0.05) is 31.5 Å². The van der Waals surface area contributed by atoms with Crippen molar-refractivity contribution in [3.05, 3.63) is 54.1 Å². The highest BCUT2D eigenvalue weighted by Gasteiger charge is 2.26. The zero-order valence-corrected chi connectivity index (χ0v) is 18.0. The number of hydrogen-bond acceptors (Lipinski definition) is 5. The lowest BCUT2D eigenvalue weighted by atomic mass is 10.1. The molecule has 0 atom stereocenters. The molecule has 1 N–H and O–H groups in total. The molecule has 0 spiro atoms. The number of anilines is 1. The molecule has 1 aliphatic rings. The first-order valence-corrected chi connectivity index (χ1v) is 12.5. The van der Waals surface area contributed by atoms with Gasteiger partial charge in [-0.25, -0.2) is 16.8 Å². The molecule has 0 amide bonds. The van der Waals surface area contributed by atoms with Gasteiger partial charge >= 0.3 is 0 Å². The Balaban J connectivity index is 1.78. The van der Waals surface area contributed by atoms with E-state index in [1.165, 1.54) is 28.6 Å². The molecule has 2 aromatic rings. The molecule has 3 rings (SSSR count). The highest BCUT2D eigenvalue weighted by Crippen LogP contribution is 2.23. The first-order chi connectivity index (χ1) is 13.8. The van der Waals surface area contributed by atoms with Crippen LogP contribution in [0.3, 0.4) is 0 Å². The number of unbranched alkanes of at least 4 members (excludes halogenated alkanes) is 1. The lowest BCUT2D eigenvalue weighted by Gasteiger charge is -2.26. The Morgan fingerprint density at radius 2 is 1.66 bits per heavy atom. The van der Waals surface area contributed by atoms with Gasteiger partial charge in [-0.3, -0.25) is 4.72 Å². The number of sulfonamides is 2. The fourth-order valence-electron chi connectivity index (χ4n) is 3.09. The van der Waals surface area contributed by atoms with Crippen LogP contribution in [-0.4, -0.2) is 47.4 Å². The summed E-state index contributed by atoms with van der Waals surface area (Å²) in [4.78, 5) is 0.189. The molecule has 0 radical (unpaired) electrons. The standard InChI is InChI=1S/C20H26N2O5S2/c1-2-3-5-17-8-10-19(11-9-17)28(23,24)21-18-6-4-7-20(16-18)29(25,26)22-12-14-27-15-13-22/h4,6-11,16,21H,2-3,5,12-15H2,1H3. The SMILES string of the molecule is CCCCc1ccc(S(=O)(=O)Nc2cccc(S(=O)(=O)N3CCOCC3)c2)cc1. The Morgan fingerprint density at radius 3 is 2.31 bits per heavy atom. The largest absolute Gasteiger partial charge is 0.379 e. The molecule has 1 heterocycles. The molecule has 0 aliphatic carbocycles. The lowest BCUT2D eigenvalue weighted by Crippen LogP contribution is -2.40. The predicted molar refractivity (Wildman–Crippen MR) is 112 cm³/mol. The monoisotopic (exact) mass is 438 g/mol. The summed E-state index contributed by atoms with van der Waals surface area (Å²) in [5, 5.41) is 0. The van der Waals surface area contributed by atoms with Crippen LogP contribution in [0.15, 0.2) is 58.3 Å². The Morgan fingerprint density at radius 1 is 0.966 bits per heavy atom. The van der Waals surface area contributed by atoms with Gasteiger partial charge in [-0.05, 0) is 48.7 Å². The van der Waals surface area contributed by atoms with Crippen LogP contribution < -0.4 is 4.72 Å². The summed E-state index contributed by atoms with van der Waals surface area (Å²) in [5.41, 5.74) is 1.29. The van der Waals surface area contributed by atoms with E-state index in [2.05, 4.69) is 11.6 Å². The zero-order valence-electron chi connectivity index (χ0n) is 16.4. The van der Waals surface area contributed by atoms with E-state index in [4.69, 9.17) is 4.74 Å². The molecule has 0 bridgehead atoms. The topological polar surface area (TPSA) is 92.8 Å². The second-order valence-corrected chi connectivity index (χ2v) is 10.5. The minimum Gasteiger partial charge on any atom is -0.379 e. The van der Waals surface area contributed by atoms with Gasteiger partial charge in [0, 0.05) is 13.1 Å². The number of nitrogens with one attached hydrogen (secondary N) is 1. The van der Waals surface area contributed by atoms with Crippen molar-refractivity contribution in [1.82, 2.24) is 4.31 Å². The minimum atomic E-state index is -3.82. The summed E-state index contributed by atoms with van der Waals surface area (Å²) in [6, 6.07) is 12.6. The summed E-state index contributed by atoms with van der Waals surface area (Å²) < 4.78 is 60.0. The maximum absolute atomic E-state index is 12.8. The number of rotatable bonds is 8. The molecule has 7 nitrogen and oxygen atoms in total. The van der Waals surface area contributed by atoms with Crippen molar-refractivity contribution in [1.29, 1.82) is 0 Å². The van der Waals surface area contributed by atoms with Gasteiger partial charge in [0.05, 0.1) is 28.7 Å². The average Bonchev–Trinajstić information content (AvgIpc) is 2.73. The molecule has 9 heteroatoms. The Bertz CT molecular complexity index is 1030. The normalized spacial score (nSPS) is 15.9. The molecule has 0 unspecified atom stereocenters. The number of hydrogen-bond donors (Lipinski definition) is 1. The summed E-state index contributed by atoms with van der Waals surface area (Å²) >= 11 is 0. The number of benzene rings is 2. The van der Waals surface area contributed by atoms with Crippen LogP contribution in [0.5, 0.6) is 0 Å². The van der Waals surface area contributed by atoms with Gasteiger partial charge in [-0.15, -0.1) is 0 Å². The Hall–Kier alpha value is -1.94. The fourth-order valence-corrected chi connectivity index (χ4v) is 5.59. The summed E-state index contributed by atoms with van der Waals surface area (Å²) in [5.74, 6) is 0. The van der Waals surface area contributed by atoms with Gasteiger partial charge in [0.2, 0.25) is 10.0 Å². The third kappa shape index (κ3) is 5.36. The first-order valence-electron chi connectivity index (χ1n) is 9.62. The number of aryl methyl sites for hydroxylation is 1. The van der Waals surface area contributed by atoms with Gasteiger partial charge in [0.1, 0.15) is 0 Å². The molecule has 1 saturated heterocycles. The third-order valence-electron chi connectivity index (χ3n) is 4.75. The van der Waals surface area contributed by atoms with E-state index < -0.39 is 20.0 Å². The molecular weight excluding hydrogens is 412 g/mol. The zero-order chi connectivity index (χ0) is 20.9. The average molecular weight is 439 g/mol. The van der Waals surface area contributed by atoms with Gasteiger partial charge in [0.15, 0.2) is 0 Å². The molecule has 0 saturated carbocycles. The molecule has 158 valence electrons. The van der Waals surface area contributed by atoms with Crippen LogP contribution in [0.1, 0.15) is 25.3 Å². The summed E-state index contributed by atoms with van der Waals surface area (Å²) in [7, 11) is -7.52. The Labute approximate surface area is 172 Å². The lowest BCUT2D eigenvalue weighted by molar-refractivity contribution is 0.0730. The highest BCUT2D eigenvalue weighted by atomic mass is 32.2. The van der Waals surface area contributed by atoms with E-state index in [1.807, 2.05) is 12.1 Å². The van der Waals surface area contributed by atoms with E-state index in [9.17, 15) is 16.8 Å². The molecule has 2 aromatic carbocycles. The second kappa shape index (κ2) is 9.25. The third-order valence-corrected chi connectivity index (χ3v) is 8.04. The second-order valence-electron chi connectivity index (χ2n) is 6.90. The smallest absolute Gasteiger partial charge is 0.261 e. The van der Waals surface area contributed by atoms with Crippen molar-refractivity contribution < 1.29 is 21.6 Å². The molecular formula is C20H26N2O5S2. The van der Waals surface area contributed by atoms with E-state index in [0.717, 1.165) is 24.8 Å². The van der Waals surface area contributed by atoms with Crippen molar-refractivity contribution in [2.45, 2.75) is 36.0 Å². The van der Waals surface area contributed by atoms with Crippen LogP contribution >= 0.6 is 0 Å². The number of ether oxygens (including phenoxy) is 1. The van der Waals surface area contributed by atoms with Crippen LogP contribution in [0.2, 0.25) is 0 Å². The van der Waals surface area contributed by atoms with Crippen molar-refractivity contribution >= 4 is 25.7 Å². The molecule has 1 aliphatic heterocycles. The van der Waals surface area contributed by atoms with Crippen molar-refractivity contribution in [2.75, 3.05) is 31.0 Å². The fraction of sp³-hybridized carbons (Fsp3) is 0.400. The van der Waals surface area contributed by atoms with Crippen LogP contribution in [-0.2, 0) is 31.2 Å². The Kier molecular flexibility index (Phi) is 6.94. The van der Waals surface area contributed by atoms with Crippen molar-refractivity contribution in [3.8, 4) is 0 Å². The summed E-state index contributed by atoms with van der Waals surface area (Å²) in [6.45, 7) is 3.36. The van der Waals surface area contributed by atoms with E-state index in [1.54, 1.807) is 12.1 Å². The van der Waals surface area contributed by atoms with Gasteiger partial charge < -0.3 is 4.74 Å². The maximum Gasteiger partial charge on any atom is 0.261 e. The molecule has 29 heavy (non-hydrogen) atoms. The summed E-state index contributed by atoms with van der Waals surface area (Å²) in [6.07, 6.45) is 3.03. The highest BCUT2D eigenvalue weighted by molar-refractivity contribution is 7.92. The van der Waals surface area contributed by atoms with Crippen LogP contribution in [0.4, 0.5) is 5.69 Å². The molecule has 1 fully saturated rings. The van der Waals surface area contributed by atoms with Crippen LogP contribution in [0.25, 0.3) is 0 Å². The van der Waals surface area contributed by atoms with E-state index >= 15 is 0 Å². The quantitative estimate of drug-likeness (QED) is 0.684. The first kappa shape index (κ1) is 21.8. The van der Waals surface area contributed by atoms with Crippen LogP contribution in [0, 0.1) is 0 Å². The van der Waals surface area contributed by atoms with Gasteiger partial charge in [-0.2, -0.15) is 4.31 Å². The number of morpholine rings is 1. The predicted octanol–water partition coefficient (Wildman–Crippen LogP) is 2.85. The molecule has 0 aromatic heterocycles. The number of nitrogens with zero attached hydrogens (tertiary/aromatic N) is 1. The van der Waals surface area contributed by atoms with E-state index in [0.29, 0.717) is 13.2 Å².